The number of methoxy groups -OCH3 is 1. The first-order valence-electron chi connectivity index (χ1n) is 8.59. The third-order valence-corrected chi connectivity index (χ3v) is 5.86. The van der Waals surface area contributed by atoms with Crippen LogP contribution in [0.2, 0.25) is 0 Å². The second kappa shape index (κ2) is 5.59. The van der Waals surface area contributed by atoms with Gasteiger partial charge in [0.05, 0.1) is 0 Å². The van der Waals surface area contributed by atoms with E-state index in [2.05, 4.69) is 42.3 Å². The first kappa shape index (κ1) is 15.1. The lowest BCUT2D eigenvalue weighted by molar-refractivity contribution is -0.144. The molecular weight excluding hydrogens is 286 g/mol. The van der Waals surface area contributed by atoms with Crippen LogP contribution in [-0.2, 0) is 11.2 Å². The van der Waals surface area contributed by atoms with Gasteiger partial charge in [-0.2, -0.15) is 0 Å². The molecule has 0 radical (unpaired) electrons. The van der Waals surface area contributed by atoms with Crippen LogP contribution in [0.5, 0.6) is 0 Å². The van der Waals surface area contributed by atoms with E-state index in [1.807, 2.05) is 6.08 Å². The molecule has 0 aromatic heterocycles. The molecule has 3 aliphatic rings. The Labute approximate surface area is 138 Å². The third kappa shape index (κ3) is 2.47. The molecular formula is C20H25NO2. The minimum absolute atomic E-state index is 0.417. The zero-order chi connectivity index (χ0) is 16.0. The Kier molecular flexibility index (Phi) is 3.67. The lowest BCUT2D eigenvalue weighted by atomic mass is 9.70. The van der Waals surface area contributed by atoms with Gasteiger partial charge in [-0.25, -0.2) is 0 Å². The summed E-state index contributed by atoms with van der Waals surface area (Å²) in [4.78, 5) is 2.53. The zero-order valence-electron chi connectivity index (χ0n) is 14.0. The van der Waals surface area contributed by atoms with Crippen molar-refractivity contribution in [2.75, 3.05) is 20.7 Å². The van der Waals surface area contributed by atoms with Crippen LogP contribution >= 0.6 is 0 Å². The zero-order valence-corrected chi connectivity index (χ0v) is 14.0. The van der Waals surface area contributed by atoms with Crippen molar-refractivity contribution in [1.29, 1.82) is 0 Å². The average Bonchev–Trinajstić information content (AvgIpc) is 2.72. The van der Waals surface area contributed by atoms with Crippen molar-refractivity contribution >= 4 is 0 Å². The highest BCUT2D eigenvalue weighted by Crippen LogP contribution is 2.47. The normalized spacial score (nSPS) is 33.7. The number of benzene rings is 1. The second-order valence-corrected chi connectivity index (χ2v) is 7.10. The van der Waals surface area contributed by atoms with E-state index < -0.39 is 5.79 Å². The van der Waals surface area contributed by atoms with Crippen molar-refractivity contribution in [2.45, 2.75) is 43.4 Å². The number of likely N-dealkylation sites (N-methyl/N-ethyl adjacent to an activating group) is 1. The summed E-state index contributed by atoms with van der Waals surface area (Å²) < 4.78 is 5.30. The second-order valence-electron chi connectivity index (χ2n) is 7.10. The van der Waals surface area contributed by atoms with E-state index in [1.54, 1.807) is 7.11 Å². The summed E-state index contributed by atoms with van der Waals surface area (Å²) in [5.74, 6) is -0.706. The van der Waals surface area contributed by atoms with Gasteiger partial charge >= 0.3 is 0 Å². The summed E-state index contributed by atoms with van der Waals surface area (Å²) in [5, 5.41) is 10.5. The molecule has 4 rings (SSSR count). The monoisotopic (exact) mass is 311 g/mol. The van der Waals surface area contributed by atoms with Crippen LogP contribution in [0.1, 0.15) is 36.3 Å². The maximum absolute atomic E-state index is 10.5. The van der Waals surface area contributed by atoms with Gasteiger partial charge in [-0.1, -0.05) is 30.3 Å². The van der Waals surface area contributed by atoms with Gasteiger partial charge in [0, 0.05) is 32.0 Å². The molecule has 2 aliphatic carbocycles. The van der Waals surface area contributed by atoms with Gasteiger partial charge in [0.15, 0.2) is 5.79 Å². The van der Waals surface area contributed by atoms with Gasteiger partial charge in [-0.05, 0) is 54.7 Å². The molecule has 1 aliphatic heterocycles. The molecule has 0 bridgehead atoms. The van der Waals surface area contributed by atoms with Gasteiger partial charge in [0.1, 0.15) is 0 Å². The molecule has 23 heavy (non-hydrogen) atoms. The minimum Gasteiger partial charge on any atom is -0.362 e. The van der Waals surface area contributed by atoms with Gasteiger partial charge in [-0.3, -0.25) is 0 Å². The van der Waals surface area contributed by atoms with Crippen LogP contribution in [0.4, 0.5) is 0 Å². The summed E-state index contributed by atoms with van der Waals surface area (Å²) in [6.45, 7) is 1.12. The van der Waals surface area contributed by atoms with Gasteiger partial charge < -0.3 is 14.7 Å². The Morgan fingerprint density at radius 1 is 1.26 bits per heavy atom. The summed E-state index contributed by atoms with van der Waals surface area (Å²) in [6.07, 6.45) is 7.98. The Morgan fingerprint density at radius 3 is 2.91 bits per heavy atom. The number of aliphatic hydroxyl groups is 1. The molecule has 0 spiro atoms. The first-order valence-corrected chi connectivity index (χ1v) is 8.59. The Hall–Kier alpha value is -1.42. The topological polar surface area (TPSA) is 32.7 Å². The lowest BCUT2D eigenvalue weighted by Gasteiger charge is -2.42. The van der Waals surface area contributed by atoms with Crippen LogP contribution in [-0.4, -0.2) is 42.5 Å². The summed E-state index contributed by atoms with van der Waals surface area (Å²) >= 11 is 0. The molecule has 122 valence electrons. The summed E-state index contributed by atoms with van der Waals surface area (Å²) in [7, 11) is 3.84. The van der Waals surface area contributed by atoms with E-state index in [1.165, 1.54) is 22.3 Å². The quantitative estimate of drug-likeness (QED) is 0.809. The number of fused-ring (bicyclic) bond motifs is 5. The van der Waals surface area contributed by atoms with Crippen LogP contribution < -0.4 is 0 Å². The van der Waals surface area contributed by atoms with E-state index >= 15 is 0 Å². The van der Waals surface area contributed by atoms with Crippen molar-refractivity contribution in [3.8, 4) is 0 Å². The smallest absolute Gasteiger partial charge is 0.188 e. The summed E-state index contributed by atoms with van der Waals surface area (Å²) in [5.41, 5.74) is 5.62. The van der Waals surface area contributed by atoms with Crippen LogP contribution in [0.25, 0.3) is 0 Å². The van der Waals surface area contributed by atoms with Crippen molar-refractivity contribution < 1.29 is 9.84 Å². The molecule has 3 nitrogen and oxygen atoms in total. The molecule has 3 unspecified atom stereocenters. The highest BCUT2D eigenvalue weighted by Gasteiger charge is 2.40. The lowest BCUT2D eigenvalue weighted by Crippen LogP contribution is -2.41. The standard InChI is InChI=1S/C20H25NO2/c1-21-12-10-14-5-3-4-6-16(14)19-17-9-11-20(22,23-2)13-15(17)7-8-18(19)21/h3-6,9,13,18-19,22H,7-8,10-12H2,1-2H3. The van der Waals surface area contributed by atoms with Crippen LogP contribution in [0.3, 0.4) is 0 Å². The Balaban J connectivity index is 1.81. The molecule has 1 aromatic rings. The molecule has 1 N–H and O–H groups in total. The van der Waals surface area contributed by atoms with Gasteiger partial charge in [-0.15, -0.1) is 0 Å². The molecule has 1 saturated carbocycles. The van der Waals surface area contributed by atoms with E-state index in [0.717, 1.165) is 25.8 Å². The number of nitrogens with zero attached hydrogens (tertiary/aromatic N) is 1. The fourth-order valence-corrected chi connectivity index (χ4v) is 4.54. The van der Waals surface area contributed by atoms with E-state index in [0.29, 0.717) is 18.4 Å². The molecule has 1 heterocycles. The van der Waals surface area contributed by atoms with E-state index in [4.69, 9.17) is 4.74 Å². The van der Waals surface area contributed by atoms with Gasteiger partial charge in [0.25, 0.3) is 0 Å². The fourth-order valence-electron chi connectivity index (χ4n) is 4.54. The Bertz CT molecular complexity index is 678. The third-order valence-electron chi connectivity index (χ3n) is 5.86. The SMILES string of the molecule is COC1(O)C=C2CCC3C(C2=CC1)c1ccccc1CCN3C. The average molecular weight is 311 g/mol. The van der Waals surface area contributed by atoms with E-state index in [-0.39, 0.29) is 0 Å². The highest BCUT2D eigenvalue weighted by atomic mass is 16.6. The number of ether oxygens (including phenoxy) is 1. The number of hydrogen-bond donors (Lipinski definition) is 1. The Morgan fingerprint density at radius 2 is 2.09 bits per heavy atom. The number of allylic oxidation sites excluding steroid dienone is 1. The van der Waals surface area contributed by atoms with Crippen molar-refractivity contribution in [2.24, 2.45) is 0 Å². The summed E-state index contributed by atoms with van der Waals surface area (Å²) in [6, 6.07) is 9.44. The molecule has 3 heteroatoms. The predicted molar refractivity (Wildman–Crippen MR) is 91.3 cm³/mol. The van der Waals surface area contributed by atoms with Gasteiger partial charge in [0.2, 0.25) is 0 Å². The predicted octanol–water partition coefficient (Wildman–Crippen LogP) is 3.01. The van der Waals surface area contributed by atoms with E-state index in [9.17, 15) is 5.11 Å². The molecule has 0 amide bonds. The minimum atomic E-state index is -1.12. The van der Waals surface area contributed by atoms with Crippen LogP contribution in [0, 0.1) is 0 Å². The van der Waals surface area contributed by atoms with Crippen molar-refractivity contribution in [3.05, 3.63) is 58.7 Å². The fraction of sp³-hybridized carbons (Fsp3) is 0.500. The van der Waals surface area contributed by atoms with Crippen LogP contribution in [0.15, 0.2) is 47.6 Å². The van der Waals surface area contributed by atoms with Crippen molar-refractivity contribution in [3.63, 3.8) is 0 Å². The highest BCUT2D eigenvalue weighted by molar-refractivity contribution is 5.50. The molecule has 1 aromatic carbocycles. The maximum Gasteiger partial charge on any atom is 0.188 e. The molecule has 0 saturated heterocycles. The first-order chi connectivity index (χ1) is 11.1. The number of rotatable bonds is 1. The van der Waals surface area contributed by atoms with Crippen molar-refractivity contribution in [1.82, 2.24) is 4.90 Å². The maximum atomic E-state index is 10.5. The largest absolute Gasteiger partial charge is 0.362 e. The molecule has 1 fully saturated rings. The number of hydrogen-bond acceptors (Lipinski definition) is 3. The molecule has 3 atom stereocenters.